The maximum atomic E-state index is 11.9. The molecule has 7 nitrogen and oxygen atoms in total. The van der Waals surface area contributed by atoms with Gasteiger partial charge in [0, 0.05) is 26.4 Å². The summed E-state index contributed by atoms with van der Waals surface area (Å²) in [6.07, 6.45) is 1.55. The molecule has 3 N–H and O–H groups in total. The zero-order valence-corrected chi connectivity index (χ0v) is 14.2. The van der Waals surface area contributed by atoms with E-state index in [4.69, 9.17) is 9.47 Å². The lowest BCUT2D eigenvalue weighted by atomic mass is 10.1. The zero-order valence-electron chi connectivity index (χ0n) is 14.2. The van der Waals surface area contributed by atoms with E-state index < -0.39 is 0 Å². The molecule has 0 fully saturated rings. The number of hydrogen-bond acceptors (Lipinski definition) is 4. The first-order chi connectivity index (χ1) is 11.6. The van der Waals surface area contributed by atoms with Gasteiger partial charge in [0.1, 0.15) is 0 Å². The van der Waals surface area contributed by atoms with Crippen LogP contribution in [-0.2, 0) is 4.79 Å². The monoisotopic (exact) mass is 335 g/mol. The minimum atomic E-state index is -0.238. The van der Waals surface area contributed by atoms with Crippen molar-refractivity contribution in [1.82, 2.24) is 16.0 Å². The van der Waals surface area contributed by atoms with E-state index in [9.17, 15) is 9.59 Å². The summed E-state index contributed by atoms with van der Waals surface area (Å²) in [5.74, 6) is 1.39. The predicted molar refractivity (Wildman–Crippen MR) is 90.3 cm³/mol. The lowest BCUT2D eigenvalue weighted by molar-refractivity contribution is -0.118. The van der Waals surface area contributed by atoms with Crippen molar-refractivity contribution in [3.8, 4) is 11.5 Å². The highest BCUT2D eigenvalue weighted by Crippen LogP contribution is 2.32. The summed E-state index contributed by atoms with van der Waals surface area (Å²) >= 11 is 0. The summed E-state index contributed by atoms with van der Waals surface area (Å²) in [6.45, 7) is 5.72. The second kappa shape index (κ2) is 9.00. The van der Waals surface area contributed by atoms with Crippen LogP contribution in [0.2, 0.25) is 0 Å². The number of rotatable bonds is 6. The summed E-state index contributed by atoms with van der Waals surface area (Å²) in [6, 6.07) is 5.31. The molecule has 0 aliphatic carbocycles. The summed E-state index contributed by atoms with van der Waals surface area (Å²) in [5.41, 5.74) is 0.952. The third-order valence-corrected chi connectivity index (χ3v) is 3.63. The molecule has 1 aliphatic rings. The number of ether oxygens (including phenoxy) is 2. The van der Waals surface area contributed by atoms with E-state index in [2.05, 4.69) is 16.0 Å². The number of urea groups is 1. The van der Waals surface area contributed by atoms with Gasteiger partial charge >= 0.3 is 6.03 Å². The van der Waals surface area contributed by atoms with E-state index in [0.717, 1.165) is 23.5 Å². The highest BCUT2D eigenvalue weighted by atomic mass is 16.5. The van der Waals surface area contributed by atoms with Gasteiger partial charge in [-0.05, 0) is 31.0 Å². The van der Waals surface area contributed by atoms with E-state index in [-0.39, 0.29) is 18.0 Å². The second-order valence-electron chi connectivity index (χ2n) is 5.72. The largest absolute Gasteiger partial charge is 0.490 e. The number of carbonyl (C=O) groups is 2. The van der Waals surface area contributed by atoms with E-state index in [0.29, 0.717) is 32.7 Å². The maximum Gasteiger partial charge on any atom is 0.315 e. The average Bonchev–Trinajstić information content (AvgIpc) is 2.78. The topological polar surface area (TPSA) is 88.7 Å². The number of amides is 3. The van der Waals surface area contributed by atoms with Crippen LogP contribution in [0.3, 0.4) is 0 Å². The number of carbonyl (C=O) groups excluding carboxylic acids is 2. The lowest BCUT2D eigenvalue weighted by Gasteiger charge is -2.17. The molecule has 1 heterocycles. The Labute approximate surface area is 142 Å². The summed E-state index contributed by atoms with van der Waals surface area (Å²) < 4.78 is 11.3. The van der Waals surface area contributed by atoms with Gasteiger partial charge in [-0.2, -0.15) is 0 Å². The molecule has 1 aliphatic heterocycles. The van der Waals surface area contributed by atoms with Gasteiger partial charge in [0.25, 0.3) is 0 Å². The minimum Gasteiger partial charge on any atom is -0.490 e. The normalized spacial score (nSPS) is 14.2. The Balaban J connectivity index is 1.79. The molecule has 132 valence electrons. The predicted octanol–water partition coefficient (Wildman–Crippen LogP) is 1.73. The van der Waals surface area contributed by atoms with Crippen molar-refractivity contribution in [3.63, 3.8) is 0 Å². The molecule has 0 aromatic heterocycles. The average molecular weight is 335 g/mol. The van der Waals surface area contributed by atoms with Crippen LogP contribution >= 0.6 is 0 Å². The third kappa shape index (κ3) is 5.64. The SMILES string of the molecule is CC(=O)NCCCNC(=O)NC(C)c1ccc2c(c1)OCCCO2. The van der Waals surface area contributed by atoms with Crippen molar-refractivity contribution in [3.05, 3.63) is 23.8 Å². The molecular weight excluding hydrogens is 310 g/mol. The molecule has 0 radical (unpaired) electrons. The molecule has 7 heteroatoms. The zero-order chi connectivity index (χ0) is 17.4. The number of hydrogen-bond donors (Lipinski definition) is 3. The molecule has 1 atom stereocenters. The molecule has 2 rings (SSSR count). The summed E-state index contributed by atoms with van der Waals surface area (Å²) in [5, 5.41) is 8.34. The first-order valence-corrected chi connectivity index (χ1v) is 8.24. The fourth-order valence-corrected chi connectivity index (χ4v) is 2.33. The Morgan fingerprint density at radius 1 is 1.12 bits per heavy atom. The molecule has 1 aromatic rings. The van der Waals surface area contributed by atoms with Crippen molar-refractivity contribution in [2.24, 2.45) is 0 Å². The first kappa shape index (κ1) is 17.9. The minimum absolute atomic E-state index is 0.0671. The van der Waals surface area contributed by atoms with Crippen LogP contribution in [0.4, 0.5) is 4.79 Å². The molecule has 0 bridgehead atoms. The fourth-order valence-electron chi connectivity index (χ4n) is 2.33. The Hall–Kier alpha value is -2.44. The maximum absolute atomic E-state index is 11.9. The van der Waals surface area contributed by atoms with Crippen molar-refractivity contribution < 1.29 is 19.1 Å². The van der Waals surface area contributed by atoms with Gasteiger partial charge in [0.2, 0.25) is 5.91 Å². The van der Waals surface area contributed by atoms with Crippen LogP contribution in [0.5, 0.6) is 11.5 Å². The first-order valence-electron chi connectivity index (χ1n) is 8.24. The van der Waals surface area contributed by atoms with E-state index in [1.54, 1.807) is 0 Å². The van der Waals surface area contributed by atoms with Gasteiger partial charge in [-0.1, -0.05) is 6.07 Å². The highest BCUT2D eigenvalue weighted by molar-refractivity contribution is 5.74. The van der Waals surface area contributed by atoms with Crippen LogP contribution < -0.4 is 25.4 Å². The molecular formula is C17H25N3O4. The number of fused-ring (bicyclic) bond motifs is 1. The van der Waals surface area contributed by atoms with Gasteiger partial charge in [0.15, 0.2) is 11.5 Å². The Morgan fingerprint density at radius 3 is 2.58 bits per heavy atom. The summed E-state index contributed by atoms with van der Waals surface area (Å²) in [4.78, 5) is 22.6. The molecule has 0 saturated carbocycles. The van der Waals surface area contributed by atoms with Gasteiger partial charge in [0.05, 0.1) is 19.3 Å². The summed E-state index contributed by atoms with van der Waals surface area (Å²) in [7, 11) is 0. The van der Waals surface area contributed by atoms with Gasteiger partial charge in [-0.25, -0.2) is 4.79 Å². The fraction of sp³-hybridized carbons (Fsp3) is 0.529. The highest BCUT2D eigenvalue weighted by Gasteiger charge is 2.14. The van der Waals surface area contributed by atoms with Crippen molar-refractivity contribution in [2.45, 2.75) is 32.7 Å². The van der Waals surface area contributed by atoms with Crippen LogP contribution in [-0.4, -0.2) is 38.2 Å². The molecule has 3 amide bonds. The molecule has 0 spiro atoms. The van der Waals surface area contributed by atoms with Crippen LogP contribution in [0.1, 0.15) is 38.3 Å². The van der Waals surface area contributed by atoms with Gasteiger partial charge in [-0.3, -0.25) is 4.79 Å². The quantitative estimate of drug-likeness (QED) is 0.691. The number of nitrogens with one attached hydrogen (secondary N) is 3. The molecule has 1 unspecified atom stereocenters. The third-order valence-electron chi connectivity index (χ3n) is 3.63. The van der Waals surface area contributed by atoms with E-state index >= 15 is 0 Å². The van der Waals surface area contributed by atoms with Crippen molar-refractivity contribution in [1.29, 1.82) is 0 Å². The smallest absolute Gasteiger partial charge is 0.315 e. The van der Waals surface area contributed by atoms with Crippen LogP contribution in [0.15, 0.2) is 18.2 Å². The molecule has 24 heavy (non-hydrogen) atoms. The van der Waals surface area contributed by atoms with Gasteiger partial charge < -0.3 is 25.4 Å². The standard InChI is InChI=1S/C17H25N3O4/c1-12(20-17(22)19-8-3-7-18-13(2)21)14-5-6-15-16(11-14)24-10-4-9-23-15/h5-6,11-12H,3-4,7-10H2,1-2H3,(H,18,21)(H2,19,20,22). The Morgan fingerprint density at radius 2 is 1.83 bits per heavy atom. The van der Waals surface area contributed by atoms with Gasteiger partial charge in [-0.15, -0.1) is 0 Å². The Bertz CT molecular complexity index is 577. The van der Waals surface area contributed by atoms with Crippen LogP contribution in [0, 0.1) is 0 Å². The van der Waals surface area contributed by atoms with Crippen LogP contribution in [0.25, 0.3) is 0 Å². The van der Waals surface area contributed by atoms with Crippen molar-refractivity contribution >= 4 is 11.9 Å². The number of benzene rings is 1. The lowest BCUT2D eigenvalue weighted by Crippen LogP contribution is -2.38. The Kier molecular flexibility index (Phi) is 6.72. The van der Waals surface area contributed by atoms with E-state index in [1.807, 2.05) is 25.1 Å². The molecule has 1 aromatic carbocycles. The van der Waals surface area contributed by atoms with E-state index in [1.165, 1.54) is 6.92 Å². The van der Waals surface area contributed by atoms with Crippen molar-refractivity contribution in [2.75, 3.05) is 26.3 Å². The second-order valence-corrected chi connectivity index (χ2v) is 5.72. The molecule has 0 saturated heterocycles.